The molecule has 0 spiro atoms. The molecule has 2 unspecified atom stereocenters. The van der Waals surface area contributed by atoms with Gasteiger partial charge in [-0.05, 0) is 18.2 Å². The third kappa shape index (κ3) is 1.90. The second-order valence-electron chi connectivity index (χ2n) is 5.16. The van der Waals surface area contributed by atoms with Crippen LogP contribution in [0.15, 0.2) is 42.2 Å². The summed E-state index contributed by atoms with van der Waals surface area (Å²) in [4.78, 5) is 46.8. The van der Waals surface area contributed by atoms with Crippen molar-refractivity contribution in [1.29, 1.82) is 0 Å². The molecular weight excluding hydrogens is 304 g/mol. The van der Waals surface area contributed by atoms with Crippen molar-refractivity contribution in [3.05, 3.63) is 53.3 Å². The van der Waals surface area contributed by atoms with Gasteiger partial charge < -0.3 is 14.2 Å². The highest BCUT2D eigenvalue weighted by atomic mass is 16.6. The zero-order chi connectivity index (χ0) is 16.1. The van der Waals surface area contributed by atoms with Crippen molar-refractivity contribution in [2.24, 2.45) is 11.8 Å². The maximum absolute atomic E-state index is 11.8. The fraction of sp³-hybridized carbons (Fsp3) is 0.125. The Morgan fingerprint density at radius 3 is 2.61 bits per heavy atom. The predicted molar refractivity (Wildman–Crippen MR) is 72.1 cm³/mol. The molecule has 23 heavy (non-hydrogen) atoms. The van der Waals surface area contributed by atoms with Crippen LogP contribution >= 0.6 is 0 Å². The minimum Gasteiger partial charge on any atom is -0.460 e. The van der Waals surface area contributed by atoms with Crippen molar-refractivity contribution in [1.82, 2.24) is 0 Å². The van der Waals surface area contributed by atoms with E-state index in [1.54, 1.807) is 12.2 Å². The van der Waals surface area contributed by atoms with Crippen LogP contribution in [-0.4, -0.2) is 23.9 Å². The monoisotopic (exact) mass is 312 g/mol. The minimum absolute atomic E-state index is 0.00203. The quantitative estimate of drug-likeness (QED) is 0.597. The number of hydrogen-bond donors (Lipinski definition) is 0. The molecule has 0 amide bonds. The molecule has 3 aliphatic rings. The van der Waals surface area contributed by atoms with Gasteiger partial charge >= 0.3 is 23.9 Å². The first-order valence-corrected chi connectivity index (χ1v) is 6.77. The number of benzene rings is 1. The first kappa shape index (κ1) is 13.4. The summed E-state index contributed by atoms with van der Waals surface area (Å²) < 4.78 is 14.8. The number of ether oxygens (including phenoxy) is 3. The number of allylic oxidation sites excluding steroid dienone is 2. The molecule has 2 aliphatic heterocycles. The molecular formula is C16H8O7. The Bertz CT molecular complexity index is 846. The van der Waals surface area contributed by atoms with Crippen LogP contribution in [0, 0.1) is 11.8 Å². The SMILES string of the molecule is O=C1OC(=O)c2c(OC3=CC=CC4C(=O)OC(=O)C34)cccc21. The van der Waals surface area contributed by atoms with Crippen LogP contribution in [0.5, 0.6) is 5.75 Å². The van der Waals surface area contributed by atoms with Crippen molar-refractivity contribution in [3.8, 4) is 5.75 Å². The number of rotatable bonds is 2. The topological polar surface area (TPSA) is 96.0 Å². The molecule has 0 saturated carbocycles. The third-order valence-electron chi connectivity index (χ3n) is 3.84. The molecule has 1 saturated heterocycles. The van der Waals surface area contributed by atoms with Crippen molar-refractivity contribution >= 4 is 23.9 Å². The Morgan fingerprint density at radius 2 is 1.78 bits per heavy atom. The van der Waals surface area contributed by atoms with Crippen molar-refractivity contribution in [3.63, 3.8) is 0 Å². The molecule has 1 aromatic rings. The second kappa shape index (κ2) is 4.64. The second-order valence-corrected chi connectivity index (χ2v) is 5.16. The van der Waals surface area contributed by atoms with E-state index in [-0.39, 0.29) is 22.6 Å². The highest BCUT2D eigenvalue weighted by Crippen LogP contribution is 2.37. The lowest BCUT2D eigenvalue weighted by molar-refractivity contribution is -0.153. The molecule has 7 heteroatoms. The summed E-state index contributed by atoms with van der Waals surface area (Å²) in [6, 6.07) is 4.46. The van der Waals surface area contributed by atoms with Crippen LogP contribution in [0.4, 0.5) is 0 Å². The van der Waals surface area contributed by atoms with E-state index in [9.17, 15) is 19.2 Å². The number of cyclic esters (lactones) is 4. The highest BCUT2D eigenvalue weighted by Gasteiger charge is 2.47. The summed E-state index contributed by atoms with van der Waals surface area (Å²) in [6.45, 7) is 0. The van der Waals surface area contributed by atoms with Gasteiger partial charge in [-0.15, -0.1) is 0 Å². The molecule has 0 N–H and O–H groups in total. The normalized spacial score (nSPS) is 24.8. The average molecular weight is 312 g/mol. The summed E-state index contributed by atoms with van der Waals surface area (Å²) in [5.41, 5.74) is 0.100. The van der Waals surface area contributed by atoms with E-state index < -0.39 is 35.7 Å². The fourth-order valence-electron chi connectivity index (χ4n) is 2.78. The zero-order valence-corrected chi connectivity index (χ0v) is 11.5. The van der Waals surface area contributed by atoms with E-state index >= 15 is 0 Å². The molecule has 7 nitrogen and oxygen atoms in total. The number of esters is 4. The summed E-state index contributed by atoms with van der Waals surface area (Å²) >= 11 is 0. The van der Waals surface area contributed by atoms with Gasteiger partial charge in [0.05, 0.1) is 11.5 Å². The van der Waals surface area contributed by atoms with Crippen LogP contribution < -0.4 is 4.74 Å². The van der Waals surface area contributed by atoms with Crippen LogP contribution in [0.25, 0.3) is 0 Å². The fourth-order valence-corrected chi connectivity index (χ4v) is 2.78. The van der Waals surface area contributed by atoms with E-state index in [4.69, 9.17) is 4.74 Å². The first-order valence-electron chi connectivity index (χ1n) is 6.77. The van der Waals surface area contributed by atoms with Gasteiger partial charge in [-0.25, -0.2) is 9.59 Å². The summed E-state index contributed by atoms with van der Waals surface area (Å²) in [5.74, 6) is -4.28. The van der Waals surface area contributed by atoms with Crippen LogP contribution in [0.3, 0.4) is 0 Å². The maximum atomic E-state index is 11.8. The van der Waals surface area contributed by atoms with Crippen LogP contribution in [0.2, 0.25) is 0 Å². The lowest BCUT2D eigenvalue weighted by atomic mass is 9.89. The van der Waals surface area contributed by atoms with Crippen molar-refractivity contribution in [2.75, 3.05) is 0 Å². The molecule has 1 fully saturated rings. The summed E-state index contributed by atoms with van der Waals surface area (Å²) in [6.07, 6.45) is 4.64. The van der Waals surface area contributed by atoms with Gasteiger partial charge in [0.2, 0.25) is 0 Å². The van der Waals surface area contributed by atoms with Crippen molar-refractivity contribution < 1.29 is 33.4 Å². The van der Waals surface area contributed by atoms with Gasteiger partial charge in [0.15, 0.2) is 0 Å². The van der Waals surface area contributed by atoms with Gasteiger partial charge in [0.1, 0.15) is 23.0 Å². The van der Waals surface area contributed by atoms with Gasteiger partial charge in [-0.3, -0.25) is 9.59 Å². The standard InChI is InChI=1S/C16H8O7/c17-13-7-3-1-5-9(11(7)15(19)22-13)21-10-6-2-4-8-12(10)16(20)23-14(8)18/h1-7,11H. The van der Waals surface area contributed by atoms with E-state index in [1.807, 2.05) is 0 Å². The summed E-state index contributed by atoms with van der Waals surface area (Å²) in [5, 5.41) is 0. The summed E-state index contributed by atoms with van der Waals surface area (Å²) in [7, 11) is 0. The smallest absolute Gasteiger partial charge is 0.350 e. The number of hydrogen-bond acceptors (Lipinski definition) is 7. The molecule has 0 radical (unpaired) electrons. The molecule has 2 atom stereocenters. The molecule has 0 bridgehead atoms. The van der Waals surface area contributed by atoms with Gasteiger partial charge in [-0.1, -0.05) is 18.2 Å². The van der Waals surface area contributed by atoms with Gasteiger partial charge in [-0.2, -0.15) is 0 Å². The Morgan fingerprint density at radius 1 is 0.957 bits per heavy atom. The zero-order valence-electron chi connectivity index (χ0n) is 11.5. The number of carbonyl (C=O) groups excluding carboxylic acids is 4. The Kier molecular flexibility index (Phi) is 2.71. The van der Waals surface area contributed by atoms with Crippen LogP contribution in [0.1, 0.15) is 20.7 Å². The predicted octanol–water partition coefficient (Wildman–Crippen LogP) is 1.15. The number of carbonyl (C=O) groups is 4. The minimum atomic E-state index is -0.892. The van der Waals surface area contributed by atoms with Crippen LogP contribution in [-0.2, 0) is 19.1 Å². The highest BCUT2D eigenvalue weighted by molar-refractivity contribution is 6.16. The molecule has 2 heterocycles. The largest absolute Gasteiger partial charge is 0.460 e. The maximum Gasteiger partial charge on any atom is 0.350 e. The Labute approximate surface area is 129 Å². The van der Waals surface area contributed by atoms with E-state index in [1.165, 1.54) is 24.3 Å². The average Bonchev–Trinajstić information content (AvgIpc) is 2.98. The molecule has 4 rings (SSSR count). The third-order valence-corrected chi connectivity index (χ3v) is 3.84. The van der Waals surface area contributed by atoms with E-state index in [0.717, 1.165) is 0 Å². The molecule has 1 aliphatic carbocycles. The Balaban J connectivity index is 1.73. The lowest BCUT2D eigenvalue weighted by Crippen LogP contribution is -2.23. The van der Waals surface area contributed by atoms with E-state index in [0.29, 0.717) is 0 Å². The molecule has 114 valence electrons. The Hall–Kier alpha value is -3.22. The van der Waals surface area contributed by atoms with E-state index in [2.05, 4.69) is 9.47 Å². The molecule has 1 aromatic carbocycles. The van der Waals surface area contributed by atoms with Gasteiger partial charge in [0, 0.05) is 0 Å². The molecule has 0 aromatic heterocycles. The van der Waals surface area contributed by atoms with Gasteiger partial charge in [0.25, 0.3) is 0 Å². The first-order chi connectivity index (χ1) is 11.1. The van der Waals surface area contributed by atoms with Crippen molar-refractivity contribution in [2.45, 2.75) is 0 Å². The number of fused-ring (bicyclic) bond motifs is 2. The lowest BCUT2D eigenvalue weighted by Gasteiger charge is -2.19.